The standard InChI is InChI=1S/C17H31NO2/c1-15(2)4-8-17(14-19)7-3-9-18(13-17)12-16-5-10-20-11-6-16/h4,16,19H,3,5-14H2,1-2H3. The van der Waals surface area contributed by atoms with E-state index >= 15 is 0 Å². The van der Waals surface area contributed by atoms with Gasteiger partial charge in [0.2, 0.25) is 0 Å². The van der Waals surface area contributed by atoms with E-state index in [0.717, 1.165) is 38.5 Å². The Labute approximate surface area is 124 Å². The Balaban J connectivity index is 1.89. The number of nitrogens with zero attached hydrogens (tertiary/aromatic N) is 1. The predicted molar refractivity (Wildman–Crippen MR) is 82.8 cm³/mol. The van der Waals surface area contributed by atoms with Crippen molar-refractivity contribution in [2.24, 2.45) is 11.3 Å². The molecule has 0 bridgehead atoms. The van der Waals surface area contributed by atoms with Crippen molar-refractivity contribution in [2.75, 3.05) is 39.5 Å². The lowest BCUT2D eigenvalue weighted by atomic mass is 9.77. The van der Waals surface area contributed by atoms with Crippen LogP contribution in [0.1, 0.15) is 46.0 Å². The van der Waals surface area contributed by atoms with Gasteiger partial charge < -0.3 is 14.7 Å². The van der Waals surface area contributed by atoms with Crippen LogP contribution in [0.5, 0.6) is 0 Å². The van der Waals surface area contributed by atoms with Crippen LogP contribution in [0.3, 0.4) is 0 Å². The summed E-state index contributed by atoms with van der Waals surface area (Å²) in [6.07, 6.45) is 8.12. The topological polar surface area (TPSA) is 32.7 Å². The molecule has 1 unspecified atom stereocenters. The number of hydrogen-bond acceptors (Lipinski definition) is 3. The van der Waals surface area contributed by atoms with E-state index in [1.54, 1.807) is 0 Å². The Hall–Kier alpha value is -0.380. The summed E-state index contributed by atoms with van der Waals surface area (Å²) >= 11 is 0. The second-order valence-corrected chi connectivity index (χ2v) is 7.04. The molecule has 0 aromatic heterocycles. The van der Waals surface area contributed by atoms with E-state index in [9.17, 15) is 5.11 Å². The van der Waals surface area contributed by atoms with Gasteiger partial charge in [-0.2, -0.15) is 0 Å². The number of rotatable bonds is 5. The molecule has 0 aromatic rings. The van der Waals surface area contributed by atoms with Crippen LogP contribution in [0.15, 0.2) is 11.6 Å². The summed E-state index contributed by atoms with van der Waals surface area (Å²) in [6, 6.07) is 0. The minimum Gasteiger partial charge on any atom is -0.396 e. The van der Waals surface area contributed by atoms with E-state index in [4.69, 9.17) is 4.74 Å². The molecule has 20 heavy (non-hydrogen) atoms. The van der Waals surface area contributed by atoms with Crippen LogP contribution in [-0.2, 0) is 4.74 Å². The van der Waals surface area contributed by atoms with Crippen molar-refractivity contribution in [1.82, 2.24) is 4.90 Å². The highest BCUT2D eigenvalue weighted by atomic mass is 16.5. The first kappa shape index (κ1) is 16.0. The van der Waals surface area contributed by atoms with Gasteiger partial charge in [0.1, 0.15) is 0 Å². The molecule has 2 aliphatic heterocycles. The van der Waals surface area contributed by atoms with Crippen molar-refractivity contribution in [3.8, 4) is 0 Å². The molecule has 0 amide bonds. The predicted octanol–water partition coefficient (Wildman–Crippen LogP) is 2.84. The first-order chi connectivity index (χ1) is 9.63. The Morgan fingerprint density at radius 1 is 1.35 bits per heavy atom. The quantitative estimate of drug-likeness (QED) is 0.787. The highest BCUT2D eigenvalue weighted by Crippen LogP contribution is 2.34. The number of ether oxygens (including phenoxy) is 1. The molecule has 2 saturated heterocycles. The fraction of sp³-hybridized carbons (Fsp3) is 0.882. The van der Waals surface area contributed by atoms with Crippen molar-refractivity contribution in [1.29, 1.82) is 0 Å². The maximum atomic E-state index is 9.90. The lowest BCUT2D eigenvalue weighted by Gasteiger charge is -2.43. The van der Waals surface area contributed by atoms with Crippen LogP contribution in [0.4, 0.5) is 0 Å². The molecule has 2 fully saturated rings. The number of allylic oxidation sites excluding steroid dienone is 2. The van der Waals surface area contributed by atoms with Crippen molar-refractivity contribution in [3.63, 3.8) is 0 Å². The van der Waals surface area contributed by atoms with Gasteiger partial charge in [0.05, 0.1) is 6.61 Å². The monoisotopic (exact) mass is 281 g/mol. The highest BCUT2D eigenvalue weighted by Gasteiger charge is 2.34. The van der Waals surface area contributed by atoms with Crippen LogP contribution >= 0.6 is 0 Å². The zero-order valence-electron chi connectivity index (χ0n) is 13.2. The third-order valence-electron chi connectivity index (χ3n) is 4.88. The third kappa shape index (κ3) is 4.57. The smallest absolute Gasteiger partial charge is 0.0502 e. The van der Waals surface area contributed by atoms with E-state index in [2.05, 4.69) is 24.8 Å². The van der Waals surface area contributed by atoms with Gasteiger partial charge in [0.25, 0.3) is 0 Å². The fourth-order valence-corrected chi connectivity index (χ4v) is 3.54. The summed E-state index contributed by atoms with van der Waals surface area (Å²) < 4.78 is 5.45. The van der Waals surface area contributed by atoms with Gasteiger partial charge in [-0.25, -0.2) is 0 Å². The Morgan fingerprint density at radius 2 is 2.10 bits per heavy atom. The average molecular weight is 281 g/mol. The largest absolute Gasteiger partial charge is 0.396 e. The minimum absolute atomic E-state index is 0.0979. The average Bonchev–Trinajstić information content (AvgIpc) is 2.47. The number of piperidine rings is 1. The van der Waals surface area contributed by atoms with Gasteiger partial charge in [-0.05, 0) is 58.4 Å². The number of likely N-dealkylation sites (tertiary alicyclic amines) is 1. The molecule has 2 aliphatic rings. The third-order valence-corrected chi connectivity index (χ3v) is 4.88. The van der Waals surface area contributed by atoms with E-state index < -0.39 is 0 Å². The Bertz CT molecular complexity index is 319. The Kier molecular flexibility index (Phi) is 6.06. The number of aliphatic hydroxyl groups is 1. The summed E-state index contributed by atoms with van der Waals surface area (Å²) in [7, 11) is 0. The lowest BCUT2D eigenvalue weighted by Crippen LogP contribution is -2.47. The number of hydrogen-bond donors (Lipinski definition) is 1. The first-order valence-electron chi connectivity index (χ1n) is 8.18. The molecule has 3 heteroatoms. The van der Waals surface area contributed by atoms with Gasteiger partial charge >= 0.3 is 0 Å². The molecule has 2 heterocycles. The maximum absolute atomic E-state index is 9.90. The van der Waals surface area contributed by atoms with Crippen molar-refractivity contribution in [3.05, 3.63) is 11.6 Å². The first-order valence-corrected chi connectivity index (χ1v) is 8.18. The van der Waals surface area contributed by atoms with Gasteiger partial charge in [0, 0.05) is 31.7 Å². The zero-order valence-corrected chi connectivity index (χ0v) is 13.2. The lowest BCUT2D eigenvalue weighted by molar-refractivity contribution is 0.00853. The summed E-state index contributed by atoms with van der Waals surface area (Å²) in [5.41, 5.74) is 1.46. The molecule has 2 rings (SSSR count). The van der Waals surface area contributed by atoms with E-state index in [1.807, 2.05) is 0 Å². The van der Waals surface area contributed by atoms with Crippen LogP contribution in [0, 0.1) is 11.3 Å². The van der Waals surface area contributed by atoms with Gasteiger partial charge in [-0.15, -0.1) is 0 Å². The van der Waals surface area contributed by atoms with Crippen molar-refractivity contribution < 1.29 is 9.84 Å². The van der Waals surface area contributed by atoms with Gasteiger partial charge in [0.15, 0.2) is 0 Å². The molecule has 1 atom stereocenters. The normalized spacial score (nSPS) is 29.4. The number of aliphatic hydroxyl groups excluding tert-OH is 1. The van der Waals surface area contributed by atoms with Gasteiger partial charge in [-0.1, -0.05) is 11.6 Å². The summed E-state index contributed by atoms with van der Waals surface area (Å²) in [6.45, 7) is 9.93. The Morgan fingerprint density at radius 3 is 2.75 bits per heavy atom. The molecule has 0 saturated carbocycles. The molecule has 0 aliphatic carbocycles. The molecule has 0 spiro atoms. The second-order valence-electron chi connectivity index (χ2n) is 7.04. The maximum Gasteiger partial charge on any atom is 0.0502 e. The van der Waals surface area contributed by atoms with Crippen LogP contribution < -0.4 is 0 Å². The summed E-state index contributed by atoms with van der Waals surface area (Å²) in [5.74, 6) is 0.793. The van der Waals surface area contributed by atoms with Crippen LogP contribution in [-0.4, -0.2) is 49.5 Å². The highest BCUT2D eigenvalue weighted by molar-refractivity contribution is 5.00. The molecule has 116 valence electrons. The van der Waals surface area contributed by atoms with Crippen LogP contribution in [0.25, 0.3) is 0 Å². The molecule has 1 N–H and O–H groups in total. The van der Waals surface area contributed by atoms with Gasteiger partial charge in [-0.3, -0.25) is 0 Å². The summed E-state index contributed by atoms with van der Waals surface area (Å²) in [5, 5.41) is 9.90. The molecular weight excluding hydrogens is 250 g/mol. The van der Waals surface area contributed by atoms with E-state index in [0.29, 0.717) is 6.61 Å². The fourth-order valence-electron chi connectivity index (χ4n) is 3.54. The molecule has 3 nitrogen and oxygen atoms in total. The SMILES string of the molecule is CC(C)=CCC1(CO)CCCN(CC2CCOCC2)C1. The van der Waals surface area contributed by atoms with E-state index in [1.165, 1.54) is 37.9 Å². The zero-order chi connectivity index (χ0) is 14.4. The van der Waals surface area contributed by atoms with Crippen molar-refractivity contribution in [2.45, 2.75) is 46.0 Å². The minimum atomic E-state index is 0.0979. The molecule has 0 aromatic carbocycles. The van der Waals surface area contributed by atoms with Crippen molar-refractivity contribution >= 4 is 0 Å². The van der Waals surface area contributed by atoms with Crippen LogP contribution in [0.2, 0.25) is 0 Å². The summed E-state index contributed by atoms with van der Waals surface area (Å²) in [4.78, 5) is 2.59. The van der Waals surface area contributed by atoms with E-state index in [-0.39, 0.29) is 5.41 Å². The molecular formula is C17H31NO2. The molecule has 0 radical (unpaired) electrons. The second kappa shape index (κ2) is 7.58.